The molecule has 0 bridgehead atoms. The van der Waals surface area contributed by atoms with E-state index < -0.39 is 0 Å². The second-order valence-corrected chi connectivity index (χ2v) is 4.10. The maximum Gasteiger partial charge on any atom is -0.0134 e. The van der Waals surface area contributed by atoms with Crippen LogP contribution in [0.25, 0.3) is 0 Å². The Hall–Kier alpha value is -0.520. The summed E-state index contributed by atoms with van der Waals surface area (Å²) in [5.74, 6) is 0. The molecule has 0 heteroatoms. The first-order chi connectivity index (χ1) is 5.14. The van der Waals surface area contributed by atoms with Crippen LogP contribution in [0.2, 0.25) is 0 Å². The molecule has 0 aromatic heterocycles. The van der Waals surface area contributed by atoms with Gasteiger partial charge in [0.15, 0.2) is 0 Å². The van der Waals surface area contributed by atoms with Crippen LogP contribution in [-0.4, -0.2) is 0 Å². The Kier molecular flexibility index (Phi) is 2.53. The fourth-order valence-corrected chi connectivity index (χ4v) is 1.64. The van der Waals surface area contributed by atoms with E-state index in [1.165, 1.54) is 19.3 Å². The van der Waals surface area contributed by atoms with Crippen molar-refractivity contribution in [1.82, 2.24) is 0 Å². The zero-order valence-electron chi connectivity index (χ0n) is 7.85. The van der Waals surface area contributed by atoms with Crippen molar-refractivity contribution in [1.29, 1.82) is 0 Å². The lowest BCUT2D eigenvalue weighted by molar-refractivity contribution is 0.461. The van der Waals surface area contributed by atoms with Gasteiger partial charge in [0.1, 0.15) is 0 Å². The van der Waals surface area contributed by atoms with Crippen LogP contribution in [0.5, 0.6) is 0 Å². The quantitative estimate of drug-likeness (QED) is 0.563. The van der Waals surface area contributed by atoms with Crippen molar-refractivity contribution in [3.05, 3.63) is 23.8 Å². The molecule has 11 heavy (non-hydrogen) atoms. The second kappa shape index (κ2) is 3.25. The van der Waals surface area contributed by atoms with Gasteiger partial charge in [-0.05, 0) is 18.3 Å². The van der Waals surface area contributed by atoms with Crippen molar-refractivity contribution in [3.8, 4) is 0 Å². The molecule has 0 spiro atoms. The first kappa shape index (κ1) is 8.58. The number of allylic oxidation sites excluding steroid dienone is 4. The molecule has 0 aliphatic heterocycles. The van der Waals surface area contributed by atoms with E-state index in [2.05, 4.69) is 39.0 Å². The highest BCUT2D eigenvalue weighted by Gasteiger charge is 2.17. The summed E-state index contributed by atoms with van der Waals surface area (Å²) < 4.78 is 0. The van der Waals surface area contributed by atoms with Gasteiger partial charge >= 0.3 is 0 Å². The molecule has 1 aliphatic rings. The van der Waals surface area contributed by atoms with Crippen molar-refractivity contribution in [2.45, 2.75) is 40.0 Å². The normalized spacial score (nSPS) is 21.5. The Morgan fingerprint density at radius 2 is 2.18 bits per heavy atom. The first-order valence-electron chi connectivity index (χ1n) is 4.51. The first-order valence-corrected chi connectivity index (χ1v) is 4.51. The van der Waals surface area contributed by atoms with Crippen molar-refractivity contribution >= 4 is 0 Å². The van der Waals surface area contributed by atoms with Gasteiger partial charge in [0.2, 0.25) is 0 Å². The zero-order valence-corrected chi connectivity index (χ0v) is 7.85. The average molecular weight is 150 g/mol. The SMILES string of the molecule is CCCC1=CC=CC(C)(C)C1. The van der Waals surface area contributed by atoms with Crippen LogP contribution in [0, 0.1) is 5.41 Å². The van der Waals surface area contributed by atoms with Gasteiger partial charge in [0.25, 0.3) is 0 Å². The second-order valence-electron chi connectivity index (χ2n) is 4.10. The Morgan fingerprint density at radius 1 is 1.45 bits per heavy atom. The maximum atomic E-state index is 2.30. The highest BCUT2D eigenvalue weighted by Crippen LogP contribution is 2.31. The monoisotopic (exact) mass is 150 g/mol. The molecular weight excluding hydrogens is 132 g/mol. The summed E-state index contributed by atoms with van der Waals surface area (Å²) in [5, 5.41) is 0. The van der Waals surface area contributed by atoms with E-state index in [0.717, 1.165) is 0 Å². The number of hydrogen-bond donors (Lipinski definition) is 0. The van der Waals surface area contributed by atoms with E-state index >= 15 is 0 Å². The summed E-state index contributed by atoms with van der Waals surface area (Å²) in [7, 11) is 0. The van der Waals surface area contributed by atoms with E-state index in [4.69, 9.17) is 0 Å². The van der Waals surface area contributed by atoms with Gasteiger partial charge in [-0.3, -0.25) is 0 Å². The number of hydrogen-bond acceptors (Lipinski definition) is 0. The van der Waals surface area contributed by atoms with Gasteiger partial charge in [-0.15, -0.1) is 0 Å². The van der Waals surface area contributed by atoms with E-state index in [1.54, 1.807) is 5.57 Å². The largest absolute Gasteiger partial charge is 0.0785 e. The molecule has 0 saturated heterocycles. The molecular formula is C11H18. The Balaban J connectivity index is 2.58. The molecule has 0 N–H and O–H groups in total. The minimum atomic E-state index is 0.402. The van der Waals surface area contributed by atoms with E-state index in [0.29, 0.717) is 5.41 Å². The van der Waals surface area contributed by atoms with Gasteiger partial charge < -0.3 is 0 Å². The smallest absolute Gasteiger partial charge is 0.0134 e. The average Bonchev–Trinajstić information content (AvgIpc) is 1.85. The molecule has 0 heterocycles. The summed E-state index contributed by atoms with van der Waals surface area (Å²) in [5.41, 5.74) is 2.01. The van der Waals surface area contributed by atoms with Crippen LogP contribution in [-0.2, 0) is 0 Å². The fraction of sp³-hybridized carbons (Fsp3) is 0.636. The predicted molar refractivity (Wildman–Crippen MR) is 50.5 cm³/mol. The van der Waals surface area contributed by atoms with Gasteiger partial charge in [-0.25, -0.2) is 0 Å². The van der Waals surface area contributed by atoms with Crippen LogP contribution in [0.4, 0.5) is 0 Å². The molecule has 1 aliphatic carbocycles. The van der Waals surface area contributed by atoms with Crippen molar-refractivity contribution < 1.29 is 0 Å². The third-order valence-electron chi connectivity index (χ3n) is 2.13. The van der Waals surface area contributed by atoms with Crippen LogP contribution < -0.4 is 0 Å². The lowest BCUT2D eigenvalue weighted by atomic mass is 9.81. The maximum absolute atomic E-state index is 2.30. The van der Waals surface area contributed by atoms with E-state index in [1.807, 2.05) is 0 Å². The summed E-state index contributed by atoms with van der Waals surface area (Å²) in [4.78, 5) is 0. The lowest BCUT2D eigenvalue weighted by Gasteiger charge is -2.24. The van der Waals surface area contributed by atoms with Gasteiger partial charge in [-0.2, -0.15) is 0 Å². The summed E-state index contributed by atoms with van der Waals surface area (Å²) in [6, 6.07) is 0. The van der Waals surface area contributed by atoms with Gasteiger partial charge in [-0.1, -0.05) is 51.0 Å². The highest BCUT2D eigenvalue weighted by atomic mass is 14.2. The molecule has 0 atom stereocenters. The van der Waals surface area contributed by atoms with Crippen LogP contribution in [0.3, 0.4) is 0 Å². The molecule has 0 fully saturated rings. The highest BCUT2D eigenvalue weighted by molar-refractivity contribution is 5.22. The minimum absolute atomic E-state index is 0.402. The molecule has 0 unspecified atom stereocenters. The molecule has 1 rings (SSSR count). The van der Waals surface area contributed by atoms with Gasteiger partial charge in [0.05, 0.1) is 0 Å². The van der Waals surface area contributed by atoms with E-state index in [-0.39, 0.29) is 0 Å². The molecule has 0 radical (unpaired) electrons. The summed E-state index contributed by atoms with van der Waals surface area (Å²) in [6.45, 7) is 6.84. The van der Waals surface area contributed by atoms with Crippen LogP contribution >= 0.6 is 0 Å². The summed E-state index contributed by atoms with van der Waals surface area (Å²) >= 11 is 0. The molecule has 0 saturated carbocycles. The molecule has 0 aromatic rings. The zero-order chi connectivity index (χ0) is 8.32. The van der Waals surface area contributed by atoms with Crippen molar-refractivity contribution in [2.24, 2.45) is 5.41 Å². The van der Waals surface area contributed by atoms with Crippen molar-refractivity contribution in [3.63, 3.8) is 0 Å². The Morgan fingerprint density at radius 3 is 2.73 bits per heavy atom. The third-order valence-corrected chi connectivity index (χ3v) is 2.13. The molecule has 0 amide bonds. The minimum Gasteiger partial charge on any atom is -0.0785 e. The Bertz CT molecular complexity index is 182. The Labute approximate surface area is 70.0 Å². The third kappa shape index (κ3) is 2.53. The van der Waals surface area contributed by atoms with E-state index in [9.17, 15) is 0 Å². The molecule has 0 nitrogen and oxygen atoms in total. The standard InChI is InChI=1S/C11H18/c1-4-6-10-7-5-8-11(2,3)9-10/h5,7-8H,4,6,9H2,1-3H3. The number of rotatable bonds is 2. The fourth-order valence-electron chi connectivity index (χ4n) is 1.64. The molecule has 62 valence electrons. The predicted octanol–water partition coefficient (Wildman–Crippen LogP) is 3.70. The lowest BCUT2D eigenvalue weighted by Crippen LogP contribution is -2.10. The van der Waals surface area contributed by atoms with Crippen LogP contribution in [0.15, 0.2) is 23.8 Å². The van der Waals surface area contributed by atoms with Crippen molar-refractivity contribution in [2.75, 3.05) is 0 Å². The molecule has 0 aromatic carbocycles. The summed E-state index contributed by atoms with van der Waals surface area (Å²) in [6.07, 6.45) is 10.6. The topological polar surface area (TPSA) is 0 Å². The van der Waals surface area contributed by atoms with Gasteiger partial charge in [0, 0.05) is 0 Å². The van der Waals surface area contributed by atoms with Crippen LogP contribution in [0.1, 0.15) is 40.0 Å².